The van der Waals surface area contributed by atoms with Gasteiger partial charge in [-0.25, -0.2) is 0 Å². The molecule has 1 heterocycles. The van der Waals surface area contributed by atoms with Gasteiger partial charge >= 0.3 is 11.7 Å². The molecular formula is C16H20N2O7S. The molecule has 0 bridgehead atoms. The van der Waals surface area contributed by atoms with Gasteiger partial charge in [-0.2, -0.15) is 0 Å². The van der Waals surface area contributed by atoms with Crippen molar-refractivity contribution in [2.75, 3.05) is 32.6 Å². The van der Waals surface area contributed by atoms with Crippen molar-refractivity contribution < 1.29 is 29.1 Å². The molecule has 10 heteroatoms. The van der Waals surface area contributed by atoms with Gasteiger partial charge in [0.2, 0.25) is 5.91 Å². The van der Waals surface area contributed by atoms with Gasteiger partial charge in [-0.05, 0) is 11.6 Å². The Morgan fingerprint density at radius 3 is 2.92 bits per heavy atom. The van der Waals surface area contributed by atoms with Crippen LogP contribution in [0.5, 0.6) is 5.75 Å². The van der Waals surface area contributed by atoms with Gasteiger partial charge in [-0.3, -0.25) is 19.7 Å². The molecular weight excluding hydrogens is 364 g/mol. The van der Waals surface area contributed by atoms with E-state index in [1.807, 2.05) is 0 Å². The number of carboxylic acid groups (broad SMARTS) is 1. The van der Waals surface area contributed by atoms with E-state index in [-0.39, 0.29) is 36.1 Å². The van der Waals surface area contributed by atoms with Crippen LogP contribution in [0.1, 0.15) is 12.0 Å². The summed E-state index contributed by atoms with van der Waals surface area (Å²) in [5, 5.41) is 19.8. The minimum atomic E-state index is -0.959. The van der Waals surface area contributed by atoms with Crippen molar-refractivity contribution in [1.82, 2.24) is 4.90 Å². The highest BCUT2D eigenvalue weighted by atomic mass is 32.2. The van der Waals surface area contributed by atoms with Crippen molar-refractivity contribution in [2.45, 2.75) is 18.3 Å². The van der Waals surface area contributed by atoms with Crippen LogP contribution in [-0.4, -0.2) is 65.5 Å². The molecule has 1 fully saturated rings. The largest absolute Gasteiger partial charge is 0.490 e. The monoisotopic (exact) mass is 384 g/mol. The van der Waals surface area contributed by atoms with Crippen LogP contribution >= 0.6 is 11.8 Å². The second kappa shape index (κ2) is 9.39. The van der Waals surface area contributed by atoms with E-state index in [4.69, 9.17) is 14.6 Å². The zero-order chi connectivity index (χ0) is 19.1. The van der Waals surface area contributed by atoms with E-state index in [1.165, 1.54) is 31.0 Å². The molecule has 26 heavy (non-hydrogen) atoms. The Morgan fingerprint density at radius 2 is 2.27 bits per heavy atom. The van der Waals surface area contributed by atoms with Crippen molar-refractivity contribution in [3.05, 3.63) is 33.9 Å². The van der Waals surface area contributed by atoms with Gasteiger partial charge in [-0.1, -0.05) is 6.07 Å². The average molecular weight is 384 g/mol. The second-order valence-electron chi connectivity index (χ2n) is 5.69. The topological polar surface area (TPSA) is 119 Å². The quantitative estimate of drug-likeness (QED) is 0.529. The molecule has 0 saturated carbocycles. The van der Waals surface area contributed by atoms with E-state index in [0.29, 0.717) is 18.9 Å². The number of methoxy groups -OCH3 is 1. The summed E-state index contributed by atoms with van der Waals surface area (Å²) in [4.78, 5) is 35.1. The Labute approximate surface area is 154 Å². The van der Waals surface area contributed by atoms with Gasteiger partial charge in [0.15, 0.2) is 5.75 Å². The summed E-state index contributed by atoms with van der Waals surface area (Å²) in [5.74, 6) is -0.215. The number of carbonyl (C=O) groups excluding carboxylic acids is 1. The normalized spacial score (nSPS) is 17.0. The van der Waals surface area contributed by atoms with E-state index in [0.717, 1.165) is 5.56 Å². The highest BCUT2D eigenvalue weighted by molar-refractivity contribution is 7.99. The first-order valence-corrected chi connectivity index (χ1v) is 9.06. The molecule has 0 aromatic heterocycles. The lowest BCUT2D eigenvalue weighted by atomic mass is 10.2. The first-order chi connectivity index (χ1) is 12.4. The van der Waals surface area contributed by atoms with E-state index < -0.39 is 17.0 Å². The molecule has 1 saturated heterocycles. The lowest BCUT2D eigenvalue weighted by Gasteiger charge is -2.32. The Hall–Kier alpha value is -2.33. The van der Waals surface area contributed by atoms with Crippen LogP contribution in [0, 0.1) is 10.1 Å². The van der Waals surface area contributed by atoms with Crippen LogP contribution in [0.4, 0.5) is 5.69 Å². The maximum Gasteiger partial charge on any atom is 0.311 e. The molecule has 1 atom stereocenters. The number of thioether (sulfide) groups is 1. The van der Waals surface area contributed by atoms with Crippen LogP contribution in [0.2, 0.25) is 0 Å². The number of ether oxygens (including phenoxy) is 2. The number of nitro groups is 1. The maximum absolute atomic E-state index is 12.3. The number of amides is 1. The van der Waals surface area contributed by atoms with Crippen molar-refractivity contribution in [3.8, 4) is 5.75 Å². The zero-order valence-corrected chi connectivity index (χ0v) is 15.1. The molecule has 9 nitrogen and oxygen atoms in total. The molecule has 1 N–H and O–H groups in total. The summed E-state index contributed by atoms with van der Waals surface area (Å²) in [7, 11) is 1.37. The molecule has 1 aliphatic rings. The molecule has 0 spiro atoms. The van der Waals surface area contributed by atoms with Gasteiger partial charge in [0, 0.05) is 24.9 Å². The minimum Gasteiger partial charge on any atom is -0.490 e. The Bertz CT molecular complexity index is 683. The van der Waals surface area contributed by atoms with Crippen molar-refractivity contribution in [3.63, 3.8) is 0 Å². The number of rotatable bonds is 8. The summed E-state index contributed by atoms with van der Waals surface area (Å²) in [6, 6.07) is 4.70. The standard InChI is InChI=1S/C16H20N2O7S/c1-24-14-3-2-11(6-13(14)18(22)23)9-26-10-15(19)17-4-5-25-12(8-17)7-16(20)21/h2-3,6,12H,4-5,7-10H2,1H3,(H,20,21). The molecule has 1 aromatic carbocycles. The second-order valence-corrected chi connectivity index (χ2v) is 6.67. The van der Waals surface area contributed by atoms with E-state index in [2.05, 4.69) is 0 Å². The number of hydrogen-bond acceptors (Lipinski definition) is 7. The molecule has 1 unspecified atom stereocenters. The zero-order valence-electron chi connectivity index (χ0n) is 14.3. The third kappa shape index (κ3) is 5.60. The molecule has 1 aliphatic heterocycles. The molecule has 0 radical (unpaired) electrons. The Balaban J connectivity index is 1.85. The molecule has 1 aromatic rings. The number of carboxylic acids is 1. The maximum atomic E-state index is 12.3. The summed E-state index contributed by atoms with van der Waals surface area (Å²) in [6.45, 7) is 1.02. The first-order valence-electron chi connectivity index (χ1n) is 7.91. The fraction of sp³-hybridized carbons (Fsp3) is 0.500. The van der Waals surface area contributed by atoms with Gasteiger partial charge in [0.1, 0.15) is 0 Å². The van der Waals surface area contributed by atoms with Crippen LogP contribution in [0.3, 0.4) is 0 Å². The minimum absolute atomic E-state index is 0.100. The van der Waals surface area contributed by atoms with Gasteiger partial charge in [0.05, 0.1) is 36.9 Å². The molecule has 142 valence electrons. The van der Waals surface area contributed by atoms with Crippen molar-refractivity contribution in [2.24, 2.45) is 0 Å². The predicted molar refractivity (Wildman–Crippen MR) is 94.4 cm³/mol. The lowest BCUT2D eigenvalue weighted by molar-refractivity contribution is -0.385. The van der Waals surface area contributed by atoms with Crippen LogP contribution in [0.15, 0.2) is 18.2 Å². The van der Waals surface area contributed by atoms with E-state index in [1.54, 1.807) is 11.0 Å². The number of nitrogens with zero attached hydrogens (tertiary/aromatic N) is 2. The Kier molecular flexibility index (Phi) is 7.22. The van der Waals surface area contributed by atoms with Crippen LogP contribution in [-0.2, 0) is 20.1 Å². The van der Waals surface area contributed by atoms with Crippen LogP contribution in [0.25, 0.3) is 0 Å². The predicted octanol–water partition coefficient (Wildman–Crippen LogP) is 1.54. The van der Waals surface area contributed by atoms with E-state index >= 15 is 0 Å². The highest BCUT2D eigenvalue weighted by Gasteiger charge is 2.25. The van der Waals surface area contributed by atoms with Gasteiger partial charge in [0.25, 0.3) is 0 Å². The van der Waals surface area contributed by atoms with Crippen molar-refractivity contribution in [1.29, 1.82) is 0 Å². The number of aliphatic carboxylic acids is 1. The van der Waals surface area contributed by atoms with Gasteiger partial charge < -0.3 is 19.5 Å². The highest BCUT2D eigenvalue weighted by Crippen LogP contribution is 2.29. The molecule has 1 amide bonds. The summed E-state index contributed by atoms with van der Waals surface area (Å²) < 4.78 is 10.3. The number of morpholine rings is 1. The molecule has 0 aliphatic carbocycles. The fourth-order valence-corrected chi connectivity index (χ4v) is 3.45. The third-order valence-corrected chi connectivity index (χ3v) is 4.82. The van der Waals surface area contributed by atoms with E-state index in [9.17, 15) is 19.7 Å². The summed E-state index contributed by atoms with van der Waals surface area (Å²) in [5.41, 5.74) is 0.614. The lowest BCUT2D eigenvalue weighted by Crippen LogP contribution is -2.46. The van der Waals surface area contributed by atoms with Crippen LogP contribution < -0.4 is 4.74 Å². The summed E-state index contributed by atoms with van der Waals surface area (Å²) in [6.07, 6.45) is -0.619. The number of carbonyl (C=O) groups is 2. The smallest absolute Gasteiger partial charge is 0.311 e. The summed E-state index contributed by atoms with van der Waals surface area (Å²) >= 11 is 1.35. The average Bonchev–Trinajstić information content (AvgIpc) is 2.61. The van der Waals surface area contributed by atoms with Gasteiger partial charge in [-0.15, -0.1) is 11.8 Å². The number of hydrogen-bond donors (Lipinski definition) is 1. The first kappa shape index (κ1) is 20.0. The fourth-order valence-electron chi connectivity index (χ4n) is 2.58. The molecule has 2 rings (SSSR count). The third-order valence-electron chi connectivity index (χ3n) is 3.83. The number of nitro benzene ring substituents is 1. The Morgan fingerprint density at radius 1 is 1.50 bits per heavy atom. The SMILES string of the molecule is COc1ccc(CSCC(=O)N2CCOC(CC(=O)O)C2)cc1[N+](=O)[O-]. The number of benzene rings is 1. The van der Waals surface area contributed by atoms with Crippen molar-refractivity contribution >= 4 is 29.3 Å².